The van der Waals surface area contributed by atoms with Crippen LogP contribution in [0.15, 0.2) is 28.2 Å². The van der Waals surface area contributed by atoms with Gasteiger partial charge in [-0.25, -0.2) is 36.5 Å². The Kier molecular flexibility index (Phi) is 7.03. The molecule has 0 aromatic carbocycles. The number of hydrogen-bond donors (Lipinski definition) is 3. The first kappa shape index (κ1) is 26.7. The van der Waals surface area contributed by atoms with Crippen molar-refractivity contribution in [2.24, 2.45) is 21.6 Å². The van der Waals surface area contributed by atoms with Gasteiger partial charge in [-0.15, -0.1) is 0 Å². The highest BCUT2D eigenvalue weighted by atomic mass is 32.2. The zero-order chi connectivity index (χ0) is 26.4. The summed E-state index contributed by atoms with van der Waals surface area (Å²) in [5.41, 5.74) is 5.31. The smallest absolute Gasteiger partial charge is 0.319 e. The van der Waals surface area contributed by atoms with Crippen LogP contribution in [0.25, 0.3) is 0 Å². The number of nitrogens with two attached hydrogens (primary N) is 1. The summed E-state index contributed by atoms with van der Waals surface area (Å²) in [5.74, 6) is -4.88. The minimum atomic E-state index is -4.68. The number of pyridine rings is 1. The quantitative estimate of drug-likeness (QED) is 0.506. The molecule has 3 aliphatic rings. The maximum atomic E-state index is 13.8. The van der Waals surface area contributed by atoms with Crippen molar-refractivity contribution in [3.05, 3.63) is 29.6 Å². The molecule has 0 bridgehead atoms. The van der Waals surface area contributed by atoms with E-state index in [1.807, 2.05) is 0 Å². The standard InChI is InChI=1S/C21H28F5N7O2S/c1-36(34,35)33-11-7-14(8-12-33)28-18-30-17(15-3-2-4-16(29-15)20(24,25)26)31-21(27,32-18)13-5-9-19(22,23)10-6-13/h2-4,13-14H,5-12,27H2,1H3,(H2,28,30,31,32). The molecule has 1 aliphatic carbocycles. The van der Waals surface area contributed by atoms with E-state index >= 15 is 0 Å². The Bertz CT molecular complexity index is 1140. The minimum Gasteiger partial charge on any atom is -0.319 e. The molecule has 1 atom stereocenters. The van der Waals surface area contributed by atoms with Crippen LogP contribution in [0.5, 0.6) is 0 Å². The molecule has 2 fully saturated rings. The van der Waals surface area contributed by atoms with Crippen LogP contribution in [0, 0.1) is 5.92 Å². The Morgan fingerprint density at radius 1 is 1.14 bits per heavy atom. The monoisotopic (exact) mass is 537 g/mol. The van der Waals surface area contributed by atoms with Gasteiger partial charge >= 0.3 is 6.18 Å². The zero-order valence-electron chi connectivity index (χ0n) is 19.5. The molecule has 36 heavy (non-hydrogen) atoms. The zero-order valence-corrected chi connectivity index (χ0v) is 20.3. The van der Waals surface area contributed by atoms with Gasteiger partial charge in [-0.3, -0.25) is 5.73 Å². The summed E-state index contributed by atoms with van der Waals surface area (Å²) in [6, 6.07) is 3.06. The molecule has 0 amide bonds. The molecule has 15 heteroatoms. The minimum absolute atomic E-state index is 0.0589. The second kappa shape index (κ2) is 9.49. The molecule has 200 valence electrons. The number of guanidine groups is 1. The molecule has 4 rings (SSSR count). The Labute approximate surface area is 205 Å². The van der Waals surface area contributed by atoms with Crippen LogP contribution in [0.1, 0.15) is 49.9 Å². The fourth-order valence-corrected chi connectivity index (χ4v) is 5.52. The van der Waals surface area contributed by atoms with Crippen molar-refractivity contribution < 1.29 is 30.4 Å². The Hall–Kier alpha value is -2.39. The van der Waals surface area contributed by atoms with E-state index in [0.717, 1.165) is 12.3 Å². The molecule has 2 aliphatic heterocycles. The van der Waals surface area contributed by atoms with Gasteiger partial charge in [0.25, 0.3) is 0 Å². The SMILES string of the molecule is CS(=O)(=O)N1CCC(N=C2NC(c3cccc(C(F)(F)F)n3)=NC(N)(C3CCC(F)(F)CC3)N2)CC1. The van der Waals surface area contributed by atoms with E-state index in [4.69, 9.17) is 5.73 Å². The first-order valence-corrected chi connectivity index (χ1v) is 13.4. The van der Waals surface area contributed by atoms with Gasteiger partial charge in [0, 0.05) is 31.8 Å². The van der Waals surface area contributed by atoms with Crippen molar-refractivity contribution >= 4 is 21.8 Å². The van der Waals surface area contributed by atoms with E-state index in [9.17, 15) is 30.4 Å². The average molecular weight is 538 g/mol. The van der Waals surface area contributed by atoms with Crippen LogP contribution in [-0.4, -0.2) is 66.6 Å². The highest BCUT2D eigenvalue weighted by Crippen LogP contribution is 2.40. The fourth-order valence-electron chi connectivity index (χ4n) is 4.64. The number of aliphatic imine (C=N–C) groups is 2. The van der Waals surface area contributed by atoms with Crippen LogP contribution < -0.4 is 16.4 Å². The highest BCUT2D eigenvalue weighted by Gasteiger charge is 2.46. The van der Waals surface area contributed by atoms with Crippen LogP contribution >= 0.6 is 0 Å². The van der Waals surface area contributed by atoms with Crippen molar-refractivity contribution in [2.45, 2.75) is 62.5 Å². The van der Waals surface area contributed by atoms with Gasteiger partial charge in [0.2, 0.25) is 15.9 Å². The maximum absolute atomic E-state index is 13.8. The lowest BCUT2D eigenvalue weighted by molar-refractivity contribution is -0.141. The Morgan fingerprint density at radius 2 is 1.78 bits per heavy atom. The predicted molar refractivity (Wildman–Crippen MR) is 123 cm³/mol. The first-order valence-electron chi connectivity index (χ1n) is 11.5. The van der Waals surface area contributed by atoms with Crippen molar-refractivity contribution in [3.8, 4) is 0 Å². The van der Waals surface area contributed by atoms with Gasteiger partial charge in [0.15, 0.2) is 17.6 Å². The van der Waals surface area contributed by atoms with Crippen molar-refractivity contribution in [3.63, 3.8) is 0 Å². The van der Waals surface area contributed by atoms with Crippen LogP contribution in [0.3, 0.4) is 0 Å². The summed E-state index contributed by atoms with van der Waals surface area (Å²) in [5, 5.41) is 5.81. The molecule has 1 aromatic rings. The van der Waals surface area contributed by atoms with E-state index in [2.05, 4.69) is 25.6 Å². The van der Waals surface area contributed by atoms with Gasteiger partial charge in [0.05, 0.1) is 12.3 Å². The lowest BCUT2D eigenvalue weighted by Crippen LogP contribution is -2.67. The van der Waals surface area contributed by atoms with Crippen LogP contribution in [-0.2, 0) is 16.2 Å². The lowest BCUT2D eigenvalue weighted by Gasteiger charge is -2.42. The molecule has 0 spiro atoms. The first-order chi connectivity index (χ1) is 16.6. The molecule has 3 heterocycles. The summed E-state index contributed by atoms with van der Waals surface area (Å²) in [6.07, 6.45) is -3.35. The van der Waals surface area contributed by atoms with Gasteiger partial charge < -0.3 is 10.6 Å². The van der Waals surface area contributed by atoms with Gasteiger partial charge in [-0.1, -0.05) is 6.07 Å². The number of amidine groups is 1. The third-order valence-corrected chi connectivity index (χ3v) is 7.98. The van der Waals surface area contributed by atoms with Gasteiger partial charge in [-0.2, -0.15) is 13.2 Å². The maximum Gasteiger partial charge on any atom is 0.433 e. The molecule has 4 N–H and O–H groups in total. The molecule has 1 unspecified atom stereocenters. The van der Waals surface area contributed by atoms with E-state index < -0.39 is 39.5 Å². The number of nitrogens with zero attached hydrogens (tertiary/aromatic N) is 4. The van der Waals surface area contributed by atoms with E-state index in [-0.39, 0.29) is 62.3 Å². The van der Waals surface area contributed by atoms with Crippen molar-refractivity contribution in [1.29, 1.82) is 0 Å². The third-order valence-electron chi connectivity index (χ3n) is 6.68. The fraction of sp³-hybridized carbons (Fsp3) is 0.667. The van der Waals surface area contributed by atoms with Crippen LogP contribution in [0.2, 0.25) is 0 Å². The Balaban J connectivity index is 1.63. The van der Waals surface area contributed by atoms with Crippen molar-refractivity contribution in [1.82, 2.24) is 19.9 Å². The number of nitrogens with one attached hydrogen (secondary N) is 2. The second-order valence-corrected chi connectivity index (χ2v) is 11.4. The normalized spacial score (nSPS) is 27.9. The number of alkyl halides is 5. The average Bonchev–Trinajstić information content (AvgIpc) is 2.78. The van der Waals surface area contributed by atoms with Gasteiger partial charge in [0.1, 0.15) is 11.4 Å². The number of halogens is 5. The molecule has 1 saturated carbocycles. The predicted octanol–water partition coefficient (Wildman–Crippen LogP) is 2.26. The second-order valence-electron chi connectivity index (χ2n) is 9.44. The summed E-state index contributed by atoms with van der Waals surface area (Å²) < 4.78 is 92.2. The number of sulfonamides is 1. The third kappa shape index (κ3) is 6.11. The summed E-state index contributed by atoms with van der Waals surface area (Å²) in [6.45, 7) is 0.532. The van der Waals surface area contributed by atoms with Crippen LogP contribution in [0.4, 0.5) is 22.0 Å². The molecule has 0 radical (unpaired) electrons. The van der Waals surface area contributed by atoms with Gasteiger partial charge in [-0.05, 0) is 37.8 Å². The topological polar surface area (TPSA) is 125 Å². The molecule has 1 saturated heterocycles. The molecule has 1 aromatic heterocycles. The van der Waals surface area contributed by atoms with E-state index in [1.165, 1.54) is 16.4 Å². The number of aromatic nitrogens is 1. The number of rotatable bonds is 4. The molecular weight excluding hydrogens is 509 g/mol. The molecular formula is C21H28F5N7O2S. The lowest BCUT2D eigenvalue weighted by atomic mass is 9.82. The van der Waals surface area contributed by atoms with Crippen molar-refractivity contribution in [2.75, 3.05) is 19.3 Å². The summed E-state index contributed by atoms with van der Waals surface area (Å²) >= 11 is 0. The summed E-state index contributed by atoms with van der Waals surface area (Å²) in [4.78, 5) is 12.7. The van der Waals surface area contributed by atoms with E-state index in [1.54, 1.807) is 0 Å². The molecule has 9 nitrogen and oxygen atoms in total. The largest absolute Gasteiger partial charge is 0.433 e. The number of hydrogen-bond acceptors (Lipinski definition) is 6. The Morgan fingerprint density at radius 3 is 2.36 bits per heavy atom. The summed E-state index contributed by atoms with van der Waals surface area (Å²) in [7, 11) is -3.33. The number of piperidine rings is 1. The van der Waals surface area contributed by atoms with E-state index in [0.29, 0.717) is 12.8 Å². The highest BCUT2D eigenvalue weighted by molar-refractivity contribution is 7.88.